The Balaban J connectivity index is 1.85. The highest BCUT2D eigenvalue weighted by Crippen LogP contribution is 2.20. The lowest BCUT2D eigenvalue weighted by atomic mass is 10.1. The van der Waals surface area contributed by atoms with Crippen LogP contribution in [0.2, 0.25) is 0 Å². The zero-order valence-electron chi connectivity index (χ0n) is 11.0. The molecule has 2 heterocycles. The lowest BCUT2D eigenvalue weighted by molar-refractivity contribution is -0.136. The zero-order valence-corrected chi connectivity index (χ0v) is 11.0. The van der Waals surface area contributed by atoms with Crippen LogP contribution in [-0.2, 0) is 4.79 Å². The number of carbonyl (C=O) groups is 1. The maximum Gasteiger partial charge on any atom is 0.240 e. The van der Waals surface area contributed by atoms with Gasteiger partial charge in [0.25, 0.3) is 0 Å². The molecule has 100 valence electrons. The van der Waals surface area contributed by atoms with Crippen molar-refractivity contribution in [1.29, 1.82) is 0 Å². The van der Waals surface area contributed by atoms with Gasteiger partial charge in [0, 0.05) is 32.6 Å². The van der Waals surface area contributed by atoms with Gasteiger partial charge in [0.2, 0.25) is 5.91 Å². The molecule has 0 aromatic carbocycles. The van der Waals surface area contributed by atoms with Crippen molar-refractivity contribution in [2.24, 2.45) is 0 Å². The molecule has 0 aromatic heterocycles. The number of terminal acetylenes is 1. The smallest absolute Gasteiger partial charge is 0.240 e. The second-order valence-corrected chi connectivity index (χ2v) is 5.08. The van der Waals surface area contributed by atoms with Crippen LogP contribution in [0, 0.1) is 12.3 Å². The first-order valence-corrected chi connectivity index (χ1v) is 7.00. The molecule has 0 aliphatic carbocycles. The summed E-state index contributed by atoms with van der Waals surface area (Å²) in [6.45, 7) is 5.58. The second kappa shape index (κ2) is 6.77. The van der Waals surface area contributed by atoms with Crippen LogP contribution >= 0.6 is 0 Å². The van der Waals surface area contributed by atoms with Gasteiger partial charge < -0.3 is 10.2 Å². The second-order valence-electron chi connectivity index (χ2n) is 5.08. The van der Waals surface area contributed by atoms with E-state index in [-0.39, 0.29) is 6.04 Å². The van der Waals surface area contributed by atoms with Crippen molar-refractivity contribution in [3.05, 3.63) is 0 Å². The van der Waals surface area contributed by atoms with Crippen LogP contribution in [0.3, 0.4) is 0 Å². The van der Waals surface area contributed by atoms with Gasteiger partial charge in [-0.25, -0.2) is 0 Å². The number of carbonyl (C=O) groups excluding carboxylic acids is 1. The van der Waals surface area contributed by atoms with E-state index in [1.807, 2.05) is 4.90 Å². The molecular formula is C14H23N3O. The number of unbranched alkanes of at least 4 members (excludes halogenated alkanes) is 1. The van der Waals surface area contributed by atoms with Crippen LogP contribution in [-0.4, -0.2) is 61.0 Å². The van der Waals surface area contributed by atoms with Crippen molar-refractivity contribution in [2.45, 2.75) is 31.7 Å². The average molecular weight is 249 g/mol. The van der Waals surface area contributed by atoms with Crippen LogP contribution in [0.4, 0.5) is 0 Å². The first-order chi connectivity index (χ1) is 8.83. The minimum atomic E-state index is 0.112. The van der Waals surface area contributed by atoms with Crippen molar-refractivity contribution >= 4 is 5.91 Å². The Morgan fingerprint density at radius 3 is 2.83 bits per heavy atom. The molecule has 1 atom stereocenters. The van der Waals surface area contributed by atoms with E-state index in [9.17, 15) is 4.79 Å². The summed E-state index contributed by atoms with van der Waals surface area (Å²) in [7, 11) is 0. The van der Waals surface area contributed by atoms with Crippen LogP contribution in [0.1, 0.15) is 25.7 Å². The third kappa shape index (κ3) is 3.24. The Morgan fingerprint density at radius 2 is 2.11 bits per heavy atom. The molecule has 0 radical (unpaired) electrons. The number of hydrogen-bond donors (Lipinski definition) is 1. The van der Waals surface area contributed by atoms with Crippen molar-refractivity contribution in [2.75, 3.05) is 39.3 Å². The summed E-state index contributed by atoms with van der Waals surface area (Å²) >= 11 is 0. The van der Waals surface area contributed by atoms with Crippen LogP contribution < -0.4 is 5.32 Å². The molecule has 2 aliphatic rings. The lowest BCUT2D eigenvalue weighted by Crippen LogP contribution is -2.52. The molecule has 0 saturated carbocycles. The Bertz CT molecular complexity index is 317. The number of likely N-dealkylation sites (tertiary alicyclic amines) is 1. The maximum atomic E-state index is 12.5. The number of amides is 1. The van der Waals surface area contributed by atoms with Crippen LogP contribution in [0.25, 0.3) is 0 Å². The van der Waals surface area contributed by atoms with E-state index in [2.05, 4.69) is 16.1 Å². The number of hydrogen-bond acceptors (Lipinski definition) is 3. The van der Waals surface area contributed by atoms with E-state index in [0.29, 0.717) is 5.91 Å². The van der Waals surface area contributed by atoms with Gasteiger partial charge in [-0.15, -0.1) is 12.3 Å². The van der Waals surface area contributed by atoms with Gasteiger partial charge in [-0.2, -0.15) is 0 Å². The molecule has 0 aromatic rings. The third-order valence-corrected chi connectivity index (χ3v) is 3.84. The molecule has 2 rings (SSSR count). The molecule has 2 saturated heterocycles. The SMILES string of the molecule is C#CCCCN1CCCC1C(=O)N1CCNCC1. The quantitative estimate of drug-likeness (QED) is 0.575. The minimum absolute atomic E-state index is 0.112. The molecule has 2 fully saturated rings. The molecule has 4 heteroatoms. The van der Waals surface area contributed by atoms with E-state index < -0.39 is 0 Å². The van der Waals surface area contributed by atoms with Gasteiger partial charge in [-0.1, -0.05) is 0 Å². The Morgan fingerprint density at radius 1 is 1.33 bits per heavy atom. The Kier molecular flexibility index (Phi) is 5.03. The molecular weight excluding hydrogens is 226 g/mol. The summed E-state index contributed by atoms with van der Waals surface area (Å²) in [5.41, 5.74) is 0. The predicted octanol–water partition coefficient (Wildman–Crippen LogP) is 0.296. The molecule has 0 bridgehead atoms. The number of piperazine rings is 1. The number of nitrogens with one attached hydrogen (secondary N) is 1. The molecule has 2 aliphatic heterocycles. The minimum Gasteiger partial charge on any atom is -0.339 e. The monoisotopic (exact) mass is 249 g/mol. The van der Waals surface area contributed by atoms with E-state index in [1.54, 1.807) is 0 Å². The van der Waals surface area contributed by atoms with Gasteiger partial charge >= 0.3 is 0 Å². The van der Waals surface area contributed by atoms with Gasteiger partial charge in [0.05, 0.1) is 6.04 Å². The normalized spacial score (nSPS) is 25.1. The molecule has 4 nitrogen and oxygen atoms in total. The fourth-order valence-corrected chi connectivity index (χ4v) is 2.85. The van der Waals surface area contributed by atoms with E-state index in [1.165, 1.54) is 0 Å². The molecule has 1 amide bonds. The summed E-state index contributed by atoms with van der Waals surface area (Å²) in [6.07, 6.45) is 9.24. The summed E-state index contributed by atoms with van der Waals surface area (Å²) in [5.74, 6) is 3.00. The van der Waals surface area contributed by atoms with Gasteiger partial charge in [-0.3, -0.25) is 9.69 Å². The van der Waals surface area contributed by atoms with Crippen LogP contribution in [0.15, 0.2) is 0 Å². The summed E-state index contributed by atoms with van der Waals surface area (Å²) < 4.78 is 0. The summed E-state index contributed by atoms with van der Waals surface area (Å²) in [5, 5.41) is 3.28. The molecule has 1 unspecified atom stereocenters. The predicted molar refractivity (Wildman–Crippen MR) is 72.1 cm³/mol. The van der Waals surface area contributed by atoms with Gasteiger partial charge in [0.15, 0.2) is 0 Å². The van der Waals surface area contributed by atoms with Crippen molar-refractivity contribution in [1.82, 2.24) is 15.1 Å². The fraction of sp³-hybridized carbons (Fsp3) is 0.786. The topological polar surface area (TPSA) is 35.6 Å². The van der Waals surface area contributed by atoms with Crippen molar-refractivity contribution in [3.8, 4) is 12.3 Å². The summed E-state index contributed by atoms with van der Waals surface area (Å²) in [6, 6.07) is 0.112. The largest absolute Gasteiger partial charge is 0.339 e. The Labute approximate surface area is 110 Å². The van der Waals surface area contributed by atoms with E-state index in [0.717, 1.165) is 65.0 Å². The Hall–Kier alpha value is -1.05. The van der Waals surface area contributed by atoms with Crippen molar-refractivity contribution < 1.29 is 4.79 Å². The highest BCUT2D eigenvalue weighted by Gasteiger charge is 2.33. The molecule has 1 N–H and O–H groups in total. The number of rotatable bonds is 4. The van der Waals surface area contributed by atoms with E-state index in [4.69, 9.17) is 6.42 Å². The van der Waals surface area contributed by atoms with Crippen molar-refractivity contribution in [3.63, 3.8) is 0 Å². The van der Waals surface area contributed by atoms with Gasteiger partial charge in [0.1, 0.15) is 0 Å². The average Bonchev–Trinajstić information content (AvgIpc) is 2.88. The van der Waals surface area contributed by atoms with E-state index >= 15 is 0 Å². The highest BCUT2D eigenvalue weighted by molar-refractivity contribution is 5.82. The number of nitrogens with zero attached hydrogens (tertiary/aromatic N) is 2. The maximum absolute atomic E-state index is 12.5. The first kappa shape index (κ1) is 13.4. The summed E-state index contributed by atoms with van der Waals surface area (Å²) in [4.78, 5) is 16.8. The first-order valence-electron chi connectivity index (χ1n) is 7.00. The fourth-order valence-electron chi connectivity index (χ4n) is 2.85. The lowest BCUT2D eigenvalue weighted by Gasteiger charge is -2.32. The van der Waals surface area contributed by atoms with Gasteiger partial charge in [-0.05, 0) is 32.4 Å². The molecule has 0 spiro atoms. The molecule has 18 heavy (non-hydrogen) atoms. The van der Waals surface area contributed by atoms with Crippen LogP contribution in [0.5, 0.6) is 0 Å². The standard InChI is InChI=1S/C14H23N3O/c1-2-3-4-9-16-10-5-6-13(16)14(18)17-11-7-15-8-12-17/h1,13,15H,3-12H2. The highest BCUT2D eigenvalue weighted by atomic mass is 16.2. The zero-order chi connectivity index (χ0) is 12.8. The third-order valence-electron chi connectivity index (χ3n) is 3.84.